The topological polar surface area (TPSA) is 21.3 Å². The van der Waals surface area contributed by atoms with E-state index in [1.54, 1.807) is 7.11 Å². The molecule has 2 nitrogen and oxygen atoms in total. The Morgan fingerprint density at radius 2 is 2.15 bits per heavy atom. The molecular formula is C11H15NO. The molecule has 0 saturated carbocycles. The summed E-state index contributed by atoms with van der Waals surface area (Å²) in [7, 11) is 1.69. The lowest BCUT2D eigenvalue weighted by molar-refractivity contribution is 0.221. The maximum atomic E-state index is 4.95. The number of benzene rings is 1. The van der Waals surface area contributed by atoms with Gasteiger partial charge in [-0.2, -0.15) is 0 Å². The van der Waals surface area contributed by atoms with Gasteiger partial charge in [0.05, 0.1) is 0 Å². The van der Waals surface area contributed by atoms with Crippen LogP contribution in [0.2, 0.25) is 0 Å². The summed E-state index contributed by atoms with van der Waals surface area (Å²) in [6.45, 7) is 0.582. The molecule has 0 fully saturated rings. The number of fused-ring (bicyclic) bond motifs is 1. The minimum Gasteiger partial charge on any atom is -0.365 e. The first-order chi connectivity index (χ1) is 6.40. The Bertz CT molecular complexity index is 296. The normalized spacial score (nSPS) is 14.2. The smallest absolute Gasteiger partial charge is 0.116 e. The molecule has 0 aliphatic heterocycles. The highest BCUT2D eigenvalue weighted by atomic mass is 16.5. The van der Waals surface area contributed by atoms with Crippen LogP contribution in [0.15, 0.2) is 18.2 Å². The van der Waals surface area contributed by atoms with E-state index in [2.05, 4.69) is 23.5 Å². The third-order valence-corrected chi connectivity index (χ3v) is 2.52. The van der Waals surface area contributed by atoms with Crippen LogP contribution in [0.3, 0.4) is 0 Å². The molecule has 1 aliphatic rings. The van der Waals surface area contributed by atoms with Gasteiger partial charge in [-0.05, 0) is 42.5 Å². The molecule has 0 radical (unpaired) electrons. The predicted molar refractivity (Wildman–Crippen MR) is 54.0 cm³/mol. The van der Waals surface area contributed by atoms with Gasteiger partial charge in [0.15, 0.2) is 0 Å². The van der Waals surface area contributed by atoms with Crippen molar-refractivity contribution in [1.82, 2.24) is 0 Å². The van der Waals surface area contributed by atoms with Gasteiger partial charge in [0.25, 0.3) is 0 Å². The van der Waals surface area contributed by atoms with Gasteiger partial charge >= 0.3 is 0 Å². The number of hydrogen-bond donors (Lipinski definition) is 1. The average Bonchev–Trinajstić information content (AvgIpc) is 2.61. The van der Waals surface area contributed by atoms with Crippen molar-refractivity contribution in [1.29, 1.82) is 0 Å². The van der Waals surface area contributed by atoms with E-state index in [9.17, 15) is 0 Å². The van der Waals surface area contributed by atoms with E-state index in [1.807, 2.05) is 0 Å². The first-order valence-corrected chi connectivity index (χ1v) is 4.75. The summed E-state index contributed by atoms with van der Waals surface area (Å²) >= 11 is 0. The van der Waals surface area contributed by atoms with Crippen LogP contribution < -0.4 is 5.32 Å². The molecule has 0 heterocycles. The second kappa shape index (κ2) is 3.79. The number of aryl methyl sites for hydroxylation is 2. The van der Waals surface area contributed by atoms with Crippen molar-refractivity contribution in [3.8, 4) is 0 Å². The van der Waals surface area contributed by atoms with Crippen molar-refractivity contribution < 1.29 is 4.74 Å². The van der Waals surface area contributed by atoms with Crippen LogP contribution in [-0.4, -0.2) is 13.8 Å². The summed E-state index contributed by atoms with van der Waals surface area (Å²) in [5.41, 5.74) is 4.19. The Morgan fingerprint density at radius 3 is 3.00 bits per heavy atom. The number of nitrogens with one attached hydrogen (secondary N) is 1. The van der Waals surface area contributed by atoms with Crippen molar-refractivity contribution >= 4 is 5.69 Å². The first-order valence-electron chi connectivity index (χ1n) is 4.75. The molecule has 1 aromatic rings. The highest BCUT2D eigenvalue weighted by molar-refractivity contribution is 5.49. The van der Waals surface area contributed by atoms with E-state index in [4.69, 9.17) is 4.74 Å². The monoisotopic (exact) mass is 177 g/mol. The fourth-order valence-corrected chi connectivity index (χ4v) is 1.84. The Kier molecular flexibility index (Phi) is 2.50. The van der Waals surface area contributed by atoms with Gasteiger partial charge in [-0.1, -0.05) is 6.07 Å². The van der Waals surface area contributed by atoms with Crippen LogP contribution in [0.1, 0.15) is 17.5 Å². The Hall–Kier alpha value is -1.02. The number of ether oxygens (including phenoxy) is 1. The van der Waals surface area contributed by atoms with E-state index < -0.39 is 0 Å². The summed E-state index contributed by atoms with van der Waals surface area (Å²) in [4.78, 5) is 0. The third-order valence-electron chi connectivity index (χ3n) is 2.52. The molecule has 1 N–H and O–H groups in total. The van der Waals surface area contributed by atoms with Gasteiger partial charge in [0.2, 0.25) is 0 Å². The largest absolute Gasteiger partial charge is 0.365 e. The third kappa shape index (κ3) is 1.83. The van der Waals surface area contributed by atoms with Crippen LogP contribution in [0.4, 0.5) is 5.69 Å². The summed E-state index contributed by atoms with van der Waals surface area (Å²) < 4.78 is 4.95. The molecular weight excluding hydrogens is 162 g/mol. The zero-order chi connectivity index (χ0) is 9.10. The molecule has 2 heteroatoms. The van der Waals surface area contributed by atoms with Crippen molar-refractivity contribution in [2.24, 2.45) is 0 Å². The number of hydrogen-bond acceptors (Lipinski definition) is 2. The molecule has 1 aliphatic carbocycles. The maximum absolute atomic E-state index is 4.95. The maximum Gasteiger partial charge on any atom is 0.116 e. The van der Waals surface area contributed by atoms with Crippen molar-refractivity contribution in [3.05, 3.63) is 29.3 Å². The molecule has 1 aromatic carbocycles. The van der Waals surface area contributed by atoms with E-state index >= 15 is 0 Å². The zero-order valence-electron chi connectivity index (χ0n) is 7.97. The first kappa shape index (κ1) is 8.57. The van der Waals surface area contributed by atoms with E-state index in [-0.39, 0.29) is 0 Å². The second-order valence-electron chi connectivity index (χ2n) is 3.45. The fraction of sp³-hybridized carbons (Fsp3) is 0.455. The average molecular weight is 177 g/mol. The lowest BCUT2D eigenvalue weighted by atomic mass is 10.1. The molecule has 0 bridgehead atoms. The Labute approximate surface area is 78.9 Å². The van der Waals surface area contributed by atoms with Gasteiger partial charge in [0.1, 0.15) is 6.73 Å². The van der Waals surface area contributed by atoms with E-state index in [0.717, 1.165) is 0 Å². The summed E-state index contributed by atoms with van der Waals surface area (Å²) in [6.07, 6.45) is 3.79. The van der Waals surface area contributed by atoms with Crippen molar-refractivity contribution in [2.75, 3.05) is 19.2 Å². The van der Waals surface area contributed by atoms with Gasteiger partial charge < -0.3 is 10.1 Å². The molecule has 0 unspecified atom stereocenters. The van der Waals surface area contributed by atoms with E-state index in [0.29, 0.717) is 6.73 Å². The van der Waals surface area contributed by atoms with Crippen LogP contribution in [0, 0.1) is 0 Å². The van der Waals surface area contributed by atoms with Gasteiger partial charge in [-0.15, -0.1) is 0 Å². The van der Waals surface area contributed by atoms with Gasteiger partial charge in [0, 0.05) is 12.8 Å². The Morgan fingerprint density at radius 1 is 1.31 bits per heavy atom. The number of rotatable bonds is 3. The minimum atomic E-state index is 0.582. The lowest BCUT2D eigenvalue weighted by Gasteiger charge is -2.06. The molecule has 2 rings (SSSR count). The molecule has 0 saturated heterocycles. The molecule has 13 heavy (non-hydrogen) atoms. The summed E-state index contributed by atoms with van der Waals surface area (Å²) in [6, 6.07) is 6.59. The van der Waals surface area contributed by atoms with Crippen LogP contribution >= 0.6 is 0 Å². The van der Waals surface area contributed by atoms with Crippen LogP contribution in [0.5, 0.6) is 0 Å². The second-order valence-corrected chi connectivity index (χ2v) is 3.45. The van der Waals surface area contributed by atoms with E-state index in [1.165, 1.54) is 36.1 Å². The highest BCUT2D eigenvalue weighted by Gasteiger charge is 2.10. The highest BCUT2D eigenvalue weighted by Crippen LogP contribution is 2.24. The molecule has 0 amide bonds. The van der Waals surface area contributed by atoms with Gasteiger partial charge in [-0.25, -0.2) is 0 Å². The Balaban J connectivity index is 2.12. The summed E-state index contributed by atoms with van der Waals surface area (Å²) in [5, 5.41) is 3.20. The molecule has 0 spiro atoms. The quantitative estimate of drug-likeness (QED) is 0.714. The van der Waals surface area contributed by atoms with Crippen molar-refractivity contribution in [3.63, 3.8) is 0 Å². The SMILES string of the molecule is COCNc1ccc2c(c1)CCC2. The number of anilines is 1. The predicted octanol–water partition coefficient (Wildman–Crippen LogP) is 2.19. The molecule has 0 aromatic heterocycles. The molecule has 0 atom stereocenters. The van der Waals surface area contributed by atoms with Crippen LogP contribution in [-0.2, 0) is 17.6 Å². The lowest BCUT2D eigenvalue weighted by Crippen LogP contribution is -2.03. The zero-order valence-corrected chi connectivity index (χ0v) is 7.97. The minimum absolute atomic E-state index is 0.582. The van der Waals surface area contributed by atoms with Crippen LogP contribution in [0.25, 0.3) is 0 Å². The standard InChI is InChI=1S/C11H15NO/c1-13-8-12-11-6-5-9-3-2-4-10(9)7-11/h5-7,12H,2-4,8H2,1H3. The fourth-order valence-electron chi connectivity index (χ4n) is 1.84. The number of methoxy groups -OCH3 is 1. The van der Waals surface area contributed by atoms with Gasteiger partial charge in [-0.3, -0.25) is 0 Å². The summed E-state index contributed by atoms with van der Waals surface area (Å²) in [5.74, 6) is 0. The molecule has 70 valence electrons. The van der Waals surface area contributed by atoms with Crippen molar-refractivity contribution in [2.45, 2.75) is 19.3 Å².